The van der Waals surface area contributed by atoms with Gasteiger partial charge < -0.3 is 5.73 Å². The molecule has 1 rings (SSSR count). The second kappa shape index (κ2) is 4.94. The van der Waals surface area contributed by atoms with E-state index in [2.05, 4.69) is 16.9 Å². The third-order valence-corrected chi connectivity index (χ3v) is 2.47. The molecule has 0 aliphatic rings. The van der Waals surface area contributed by atoms with Gasteiger partial charge in [0.2, 0.25) is 5.95 Å². The lowest BCUT2D eigenvalue weighted by molar-refractivity contribution is 0.707. The highest BCUT2D eigenvalue weighted by atomic mass is 15.0. The van der Waals surface area contributed by atoms with Gasteiger partial charge in [0.15, 0.2) is 0 Å². The van der Waals surface area contributed by atoms with Crippen LogP contribution in [0.1, 0.15) is 43.1 Å². The molecule has 0 amide bonds. The van der Waals surface area contributed by atoms with Crippen LogP contribution in [0.25, 0.3) is 0 Å². The number of aryl methyl sites for hydroxylation is 2. The molecule has 2 N–H and O–H groups in total. The Labute approximate surface area is 85.8 Å². The molecule has 0 saturated carbocycles. The van der Waals surface area contributed by atoms with Gasteiger partial charge in [-0.3, -0.25) is 0 Å². The van der Waals surface area contributed by atoms with Crippen molar-refractivity contribution in [2.24, 2.45) is 0 Å². The first kappa shape index (κ1) is 11.0. The van der Waals surface area contributed by atoms with E-state index in [9.17, 15) is 0 Å². The van der Waals surface area contributed by atoms with Gasteiger partial charge in [0.25, 0.3) is 0 Å². The van der Waals surface area contributed by atoms with Crippen LogP contribution in [0.5, 0.6) is 0 Å². The molecule has 1 aromatic rings. The molecule has 0 fully saturated rings. The number of nitrogens with two attached hydrogens (primary N) is 1. The first-order chi connectivity index (χ1) is 6.65. The van der Waals surface area contributed by atoms with Crippen LogP contribution in [-0.4, -0.2) is 9.97 Å². The lowest BCUT2D eigenvalue weighted by atomic mass is 10.0. The average Bonchev–Trinajstić information content (AvgIpc) is 2.09. The molecule has 0 bridgehead atoms. The minimum atomic E-state index is 0.388. The molecule has 1 heterocycles. The lowest BCUT2D eigenvalue weighted by Gasteiger charge is -2.08. The van der Waals surface area contributed by atoms with Crippen molar-refractivity contribution in [3.8, 4) is 0 Å². The molecule has 78 valence electrons. The summed E-state index contributed by atoms with van der Waals surface area (Å²) >= 11 is 0. The normalized spacial score (nSPS) is 10.5. The van der Waals surface area contributed by atoms with Gasteiger partial charge in [0.05, 0.1) is 0 Å². The zero-order valence-corrected chi connectivity index (χ0v) is 9.30. The summed E-state index contributed by atoms with van der Waals surface area (Å²) in [5, 5.41) is 0. The minimum absolute atomic E-state index is 0.388. The van der Waals surface area contributed by atoms with Gasteiger partial charge in [-0.2, -0.15) is 0 Å². The van der Waals surface area contributed by atoms with E-state index in [0.717, 1.165) is 17.8 Å². The second-order valence-corrected chi connectivity index (χ2v) is 3.69. The fourth-order valence-electron chi connectivity index (χ4n) is 1.68. The van der Waals surface area contributed by atoms with Crippen molar-refractivity contribution in [1.29, 1.82) is 0 Å². The topological polar surface area (TPSA) is 51.8 Å². The van der Waals surface area contributed by atoms with Crippen LogP contribution in [0, 0.1) is 13.8 Å². The Morgan fingerprint density at radius 3 is 2.14 bits per heavy atom. The van der Waals surface area contributed by atoms with E-state index in [1.165, 1.54) is 24.8 Å². The fourth-order valence-corrected chi connectivity index (χ4v) is 1.68. The van der Waals surface area contributed by atoms with Gasteiger partial charge in [0, 0.05) is 11.4 Å². The number of rotatable bonds is 4. The number of hydrogen-bond acceptors (Lipinski definition) is 3. The summed E-state index contributed by atoms with van der Waals surface area (Å²) in [5.41, 5.74) is 8.90. The summed E-state index contributed by atoms with van der Waals surface area (Å²) < 4.78 is 0. The van der Waals surface area contributed by atoms with E-state index in [1.807, 2.05) is 13.8 Å². The highest BCUT2D eigenvalue weighted by Gasteiger charge is 2.05. The van der Waals surface area contributed by atoms with Gasteiger partial charge in [-0.15, -0.1) is 0 Å². The van der Waals surface area contributed by atoms with Crippen LogP contribution < -0.4 is 5.73 Å². The van der Waals surface area contributed by atoms with Crippen molar-refractivity contribution in [3.63, 3.8) is 0 Å². The molecular weight excluding hydrogens is 174 g/mol. The van der Waals surface area contributed by atoms with E-state index >= 15 is 0 Å². The Morgan fingerprint density at radius 1 is 1.07 bits per heavy atom. The van der Waals surface area contributed by atoms with Gasteiger partial charge in [-0.05, 0) is 32.3 Å². The second-order valence-electron chi connectivity index (χ2n) is 3.69. The standard InChI is InChI=1S/C11H19N3/c1-4-5-6-7-10-8(2)13-11(12)14-9(10)3/h4-7H2,1-3H3,(H2,12,13,14). The molecule has 0 aliphatic carbocycles. The van der Waals surface area contributed by atoms with Crippen LogP contribution in [-0.2, 0) is 6.42 Å². The summed E-state index contributed by atoms with van der Waals surface area (Å²) in [5.74, 6) is 0.388. The van der Waals surface area contributed by atoms with Gasteiger partial charge in [0.1, 0.15) is 0 Å². The number of aromatic nitrogens is 2. The third kappa shape index (κ3) is 2.69. The monoisotopic (exact) mass is 193 g/mol. The summed E-state index contributed by atoms with van der Waals surface area (Å²) in [7, 11) is 0. The average molecular weight is 193 g/mol. The zero-order chi connectivity index (χ0) is 10.6. The number of nitrogens with zero attached hydrogens (tertiary/aromatic N) is 2. The Morgan fingerprint density at radius 2 is 1.64 bits per heavy atom. The molecular formula is C11H19N3. The molecule has 0 saturated heterocycles. The summed E-state index contributed by atoms with van der Waals surface area (Å²) in [6.45, 7) is 6.22. The SMILES string of the molecule is CCCCCc1c(C)nc(N)nc1C. The predicted molar refractivity (Wildman–Crippen MR) is 59.1 cm³/mol. The number of anilines is 1. The van der Waals surface area contributed by atoms with E-state index < -0.39 is 0 Å². The van der Waals surface area contributed by atoms with Crippen LogP contribution in [0.4, 0.5) is 5.95 Å². The molecule has 0 aliphatic heterocycles. The third-order valence-electron chi connectivity index (χ3n) is 2.47. The molecule has 0 radical (unpaired) electrons. The van der Waals surface area contributed by atoms with Crippen LogP contribution in [0.3, 0.4) is 0 Å². The van der Waals surface area contributed by atoms with Gasteiger partial charge >= 0.3 is 0 Å². The van der Waals surface area contributed by atoms with Crippen molar-refractivity contribution >= 4 is 5.95 Å². The number of nitrogen functional groups attached to an aromatic ring is 1. The van der Waals surface area contributed by atoms with Gasteiger partial charge in [-0.1, -0.05) is 19.8 Å². The molecule has 0 unspecified atom stereocenters. The van der Waals surface area contributed by atoms with Crippen molar-refractivity contribution in [1.82, 2.24) is 9.97 Å². The van der Waals surface area contributed by atoms with Crippen molar-refractivity contribution in [3.05, 3.63) is 17.0 Å². The van der Waals surface area contributed by atoms with Gasteiger partial charge in [-0.25, -0.2) is 9.97 Å². The fraction of sp³-hybridized carbons (Fsp3) is 0.636. The number of unbranched alkanes of at least 4 members (excludes halogenated alkanes) is 2. The van der Waals surface area contributed by atoms with Crippen molar-refractivity contribution < 1.29 is 0 Å². The molecule has 3 nitrogen and oxygen atoms in total. The smallest absolute Gasteiger partial charge is 0.220 e. The minimum Gasteiger partial charge on any atom is -0.368 e. The van der Waals surface area contributed by atoms with Crippen LogP contribution >= 0.6 is 0 Å². The highest BCUT2D eigenvalue weighted by Crippen LogP contribution is 2.14. The largest absolute Gasteiger partial charge is 0.368 e. The van der Waals surface area contributed by atoms with Crippen LogP contribution in [0.15, 0.2) is 0 Å². The Hall–Kier alpha value is -1.12. The van der Waals surface area contributed by atoms with E-state index in [1.54, 1.807) is 0 Å². The Kier molecular flexibility index (Phi) is 3.86. The maximum Gasteiger partial charge on any atom is 0.220 e. The predicted octanol–water partition coefficient (Wildman–Crippen LogP) is 2.41. The maximum atomic E-state index is 5.56. The molecule has 0 spiro atoms. The van der Waals surface area contributed by atoms with E-state index in [4.69, 9.17) is 5.73 Å². The molecule has 14 heavy (non-hydrogen) atoms. The maximum absolute atomic E-state index is 5.56. The summed E-state index contributed by atoms with van der Waals surface area (Å²) in [4.78, 5) is 8.36. The Bertz CT molecular complexity index is 284. The molecule has 1 aromatic heterocycles. The molecule has 3 heteroatoms. The first-order valence-corrected chi connectivity index (χ1v) is 5.24. The number of hydrogen-bond donors (Lipinski definition) is 1. The summed E-state index contributed by atoms with van der Waals surface area (Å²) in [6, 6.07) is 0. The first-order valence-electron chi connectivity index (χ1n) is 5.24. The molecule has 0 atom stereocenters. The van der Waals surface area contributed by atoms with Crippen molar-refractivity contribution in [2.45, 2.75) is 46.5 Å². The van der Waals surface area contributed by atoms with E-state index in [0.29, 0.717) is 5.95 Å². The summed E-state index contributed by atoms with van der Waals surface area (Å²) in [6.07, 6.45) is 4.80. The van der Waals surface area contributed by atoms with Crippen LogP contribution in [0.2, 0.25) is 0 Å². The lowest BCUT2D eigenvalue weighted by Crippen LogP contribution is -2.04. The Balaban J connectivity index is 2.75. The highest BCUT2D eigenvalue weighted by molar-refractivity contribution is 5.30. The van der Waals surface area contributed by atoms with E-state index in [-0.39, 0.29) is 0 Å². The molecule has 0 aromatic carbocycles. The zero-order valence-electron chi connectivity index (χ0n) is 9.30. The quantitative estimate of drug-likeness (QED) is 0.747. The van der Waals surface area contributed by atoms with Crippen molar-refractivity contribution in [2.75, 3.05) is 5.73 Å².